The Morgan fingerprint density at radius 1 is 1.17 bits per heavy atom. The fourth-order valence-corrected chi connectivity index (χ4v) is 2.74. The van der Waals surface area contributed by atoms with E-state index in [0.717, 1.165) is 5.56 Å². The van der Waals surface area contributed by atoms with Crippen molar-refractivity contribution in [3.05, 3.63) is 57.8 Å². The normalized spacial score (nSPS) is 13.0. The number of hydrogen-bond donors (Lipinski definition) is 1. The molecule has 23 heavy (non-hydrogen) atoms. The topological polar surface area (TPSA) is 47.6 Å². The first-order valence-electron chi connectivity index (χ1n) is 7.04. The van der Waals surface area contributed by atoms with E-state index in [4.69, 9.17) is 9.47 Å². The van der Waals surface area contributed by atoms with Crippen LogP contribution in [0.3, 0.4) is 0 Å². The molecule has 0 saturated heterocycles. The fraction of sp³-hybridized carbons (Fsp3) is 0.235. The maximum atomic E-state index is 13.9. The van der Waals surface area contributed by atoms with E-state index in [1.165, 1.54) is 12.1 Å². The molecule has 1 amide bonds. The highest BCUT2D eigenvalue weighted by Gasteiger charge is 2.27. The van der Waals surface area contributed by atoms with Gasteiger partial charge in [0.1, 0.15) is 5.82 Å². The third-order valence-corrected chi connectivity index (χ3v) is 4.19. The zero-order chi connectivity index (χ0) is 16.6. The van der Waals surface area contributed by atoms with Gasteiger partial charge in [-0.25, -0.2) is 4.39 Å². The van der Waals surface area contributed by atoms with Crippen molar-refractivity contribution in [2.45, 2.75) is 19.4 Å². The van der Waals surface area contributed by atoms with Crippen LogP contribution in [0, 0.1) is 5.82 Å². The molecule has 0 saturated carbocycles. The van der Waals surface area contributed by atoms with E-state index in [1.54, 1.807) is 12.1 Å². The van der Waals surface area contributed by atoms with Gasteiger partial charge in [0.05, 0.1) is 11.1 Å². The van der Waals surface area contributed by atoms with Crippen LogP contribution in [-0.2, 0) is 5.54 Å². The first-order chi connectivity index (χ1) is 10.9. The molecule has 0 aliphatic carbocycles. The second-order valence-electron chi connectivity index (χ2n) is 5.77. The summed E-state index contributed by atoms with van der Waals surface area (Å²) in [6.07, 6.45) is 0. The molecule has 0 fully saturated rings. The zero-order valence-electron chi connectivity index (χ0n) is 12.7. The monoisotopic (exact) mass is 379 g/mol. The Bertz CT molecular complexity index is 776. The van der Waals surface area contributed by atoms with Crippen LogP contribution < -0.4 is 14.8 Å². The average Bonchev–Trinajstić information content (AvgIpc) is 2.96. The van der Waals surface area contributed by atoms with Crippen LogP contribution in [0.15, 0.2) is 40.9 Å². The summed E-state index contributed by atoms with van der Waals surface area (Å²) < 4.78 is 25.1. The third kappa shape index (κ3) is 3.17. The van der Waals surface area contributed by atoms with Crippen LogP contribution in [0.2, 0.25) is 0 Å². The van der Waals surface area contributed by atoms with Gasteiger partial charge in [0, 0.05) is 4.47 Å². The Hall–Kier alpha value is -2.08. The van der Waals surface area contributed by atoms with Gasteiger partial charge in [-0.3, -0.25) is 4.79 Å². The predicted molar refractivity (Wildman–Crippen MR) is 87.2 cm³/mol. The van der Waals surface area contributed by atoms with Crippen LogP contribution in [0.1, 0.15) is 29.8 Å². The maximum Gasteiger partial charge on any atom is 0.254 e. The summed E-state index contributed by atoms with van der Waals surface area (Å²) in [6, 6.07) is 9.73. The second kappa shape index (κ2) is 5.85. The second-order valence-corrected chi connectivity index (χ2v) is 6.69. The van der Waals surface area contributed by atoms with Gasteiger partial charge >= 0.3 is 0 Å². The predicted octanol–water partition coefficient (Wildman–Crippen LogP) is 3.98. The fourth-order valence-electron chi connectivity index (χ4n) is 2.38. The lowest BCUT2D eigenvalue weighted by atomic mass is 9.93. The molecule has 0 aromatic heterocycles. The molecular formula is C17H15BrFNO3. The van der Waals surface area contributed by atoms with Gasteiger partial charge in [-0.2, -0.15) is 0 Å². The molecule has 1 aliphatic rings. The number of hydrogen-bond acceptors (Lipinski definition) is 3. The van der Waals surface area contributed by atoms with Crippen molar-refractivity contribution in [2.75, 3.05) is 6.79 Å². The van der Waals surface area contributed by atoms with Crippen LogP contribution in [0.25, 0.3) is 0 Å². The largest absolute Gasteiger partial charge is 0.454 e. The number of amides is 1. The van der Waals surface area contributed by atoms with Crippen molar-refractivity contribution in [1.82, 2.24) is 5.32 Å². The summed E-state index contributed by atoms with van der Waals surface area (Å²) in [7, 11) is 0. The first kappa shape index (κ1) is 15.8. The third-order valence-electron chi connectivity index (χ3n) is 3.69. The Balaban J connectivity index is 1.85. The van der Waals surface area contributed by atoms with Crippen LogP contribution >= 0.6 is 15.9 Å². The highest BCUT2D eigenvalue weighted by atomic mass is 79.9. The van der Waals surface area contributed by atoms with E-state index in [2.05, 4.69) is 21.2 Å². The molecule has 0 bridgehead atoms. The molecule has 2 aromatic carbocycles. The smallest absolute Gasteiger partial charge is 0.254 e. The van der Waals surface area contributed by atoms with Crippen molar-refractivity contribution in [1.29, 1.82) is 0 Å². The average molecular weight is 380 g/mol. The van der Waals surface area contributed by atoms with Crippen molar-refractivity contribution >= 4 is 21.8 Å². The molecule has 6 heteroatoms. The van der Waals surface area contributed by atoms with Crippen LogP contribution in [0.4, 0.5) is 4.39 Å². The van der Waals surface area contributed by atoms with Crippen LogP contribution in [-0.4, -0.2) is 12.7 Å². The van der Waals surface area contributed by atoms with Crippen molar-refractivity contribution in [3.63, 3.8) is 0 Å². The lowest BCUT2D eigenvalue weighted by Crippen LogP contribution is -2.41. The molecule has 0 radical (unpaired) electrons. The minimum atomic E-state index is -0.702. The molecule has 0 atom stereocenters. The first-order valence-corrected chi connectivity index (χ1v) is 7.84. The quantitative estimate of drug-likeness (QED) is 0.876. The highest BCUT2D eigenvalue weighted by molar-refractivity contribution is 9.10. The molecule has 1 aliphatic heterocycles. The summed E-state index contributed by atoms with van der Waals surface area (Å²) >= 11 is 3.25. The summed E-state index contributed by atoms with van der Waals surface area (Å²) in [5.41, 5.74) is 0.131. The number of halogens is 2. The van der Waals surface area contributed by atoms with E-state index in [0.29, 0.717) is 16.0 Å². The van der Waals surface area contributed by atoms with E-state index in [9.17, 15) is 9.18 Å². The number of ether oxygens (including phenoxy) is 2. The van der Waals surface area contributed by atoms with Crippen LogP contribution in [0.5, 0.6) is 11.5 Å². The minimum absolute atomic E-state index is 0.00630. The Labute approximate surface area is 141 Å². The molecule has 0 unspecified atom stereocenters. The van der Waals surface area contributed by atoms with E-state index in [1.807, 2.05) is 26.0 Å². The van der Waals surface area contributed by atoms with Crippen molar-refractivity contribution in [2.24, 2.45) is 0 Å². The number of nitrogens with one attached hydrogen (secondary N) is 1. The summed E-state index contributed by atoms with van der Waals surface area (Å²) in [4.78, 5) is 12.4. The van der Waals surface area contributed by atoms with Gasteiger partial charge in [0.15, 0.2) is 11.5 Å². The van der Waals surface area contributed by atoms with Crippen molar-refractivity contribution < 1.29 is 18.7 Å². The van der Waals surface area contributed by atoms with E-state index >= 15 is 0 Å². The molecule has 4 nitrogen and oxygen atoms in total. The SMILES string of the molecule is CC(C)(NC(=O)c1cc(Br)ccc1F)c1ccc2c(c1)OCO2. The lowest BCUT2D eigenvalue weighted by molar-refractivity contribution is 0.0907. The van der Waals surface area contributed by atoms with Crippen molar-refractivity contribution in [3.8, 4) is 11.5 Å². The minimum Gasteiger partial charge on any atom is -0.454 e. The molecule has 3 rings (SSSR count). The maximum absolute atomic E-state index is 13.9. The lowest BCUT2D eigenvalue weighted by Gasteiger charge is -2.27. The van der Waals surface area contributed by atoms with Gasteiger partial charge < -0.3 is 14.8 Å². The van der Waals surface area contributed by atoms with Gasteiger partial charge in [0.25, 0.3) is 5.91 Å². The Morgan fingerprint density at radius 3 is 2.70 bits per heavy atom. The number of rotatable bonds is 3. The molecular weight excluding hydrogens is 365 g/mol. The number of carbonyl (C=O) groups is 1. The highest BCUT2D eigenvalue weighted by Crippen LogP contribution is 2.35. The summed E-state index contributed by atoms with van der Waals surface area (Å²) in [6.45, 7) is 3.88. The number of fused-ring (bicyclic) bond motifs is 1. The molecule has 1 heterocycles. The van der Waals surface area contributed by atoms with Gasteiger partial charge in [-0.1, -0.05) is 22.0 Å². The number of benzene rings is 2. The Kier molecular flexibility index (Phi) is 4.02. The number of carbonyl (C=O) groups excluding carboxylic acids is 1. The molecule has 0 spiro atoms. The molecule has 120 valence electrons. The standard InChI is InChI=1S/C17H15BrFNO3/c1-17(2,10-3-6-14-15(7-10)23-9-22-14)20-16(21)12-8-11(18)4-5-13(12)19/h3-8H,9H2,1-2H3,(H,20,21). The van der Waals surface area contributed by atoms with E-state index < -0.39 is 17.3 Å². The van der Waals surface area contributed by atoms with Gasteiger partial charge in [-0.05, 0) is 49.7 Å². The van der Waals surface area contributed by atoms with Gasteiger partial charge in [0.2, 0.25) is 6.79 Å². The molecule has 2 aromatic rings. The Morgan fingerprint density at radius 2 is 1.91 bits per heavy atom. The zero-order valence-corrected chi connectivity index (χ0v) is 14.2. The summed E-state index contributed by atoms with van der Waals surface area (Å²) in [5.74, 6) is 0.269. The van der Waals surface area contributed by atoms with E-state index in [-0.39, 0.29) is 12.4 Å². The van der Waals surface area contributed by atoms with Gasteiger partial charge in [-0.15, -0.1) is 0 Å². The molecule has 1 N–H and O–H groups in total. The summed E-state index contributed by atoms with van der Waals surface area (Å²) in [5, 5.41) is 2.85.